The highest BCUT2D eigenvalue weighted by molar-refractivity contribution is 7.93. The van der Waals surface area contributed by atoms with Crippen LogP contribution in [0.1, 0.15) is 0 Å². The van der Waals surface area contributed by atoms with Gasteiger partial charge in [0.2, 0.25) is 0 Å². The monoisotopic (exact) mass is 289 g/mol. The van der Waals surface area contributed by atoms with Crippen molar-refractivity contribution in [2.45, 2.75) is 4.90 Å². The van der Waals surface area contributed by atoms with Crippen molar-refractivity contribution in [2.24, 2.45) is 0 Å². The summed E-state index contributed by atoms with van der Waals surface area (Å²) in [4.78, 5) is 3.89. The number of hydrogen-bond acceptors (Lipinski definition) is 5. The quantitative estimate of drug-likeness (QED) is 0.848. The maximum Gasteiger partial charge on any atom is 0.263 e. The highest BCUT2D eigenvalue weighted by Crippen LogP contribution is 2.24. The van der Waals surface area contributed by atoms with E-state index >= 15 is 0 Å². The zero-order valence-corrected chi connectivity index (χ0v) is 10.8. The summed E-state index contributed by atoms with van der Waals surface area (Å²) in [7, 11) is -3.66. The molecule has 0 bridgehead atoms. The van der Waals surface area contributed by atoms with Crippen LogP contribution >= 0.6 is 22.9 Å². The van der Waals surface area contributed by atoms with Gasteiger partial charge in [0.1, 0.15) is 0 Å². The SMILES string of the molecule is Nc1ccc(S(=O)(=O)Nc2nccs2)cc1Cl. The lowest BCUT2D eigenvalue weighted by molar-refractivity contribution is 0.601. The summed E-state index contributed by atoms with van der Waals surface area (Å²) in [5.74, 6) is 0. The highest BCUT2D eigenvalue weighted by atomic mass is 35.5. The van der Waals surface area contributed by atoms with Crippen LogP contribution in [0.2, 0.25) is 5.02 Å². The summed E-state index contributed by atoms with van der Waals surface area (Å²) in [6.07, 6.45) is 1.51. The lowest BCUT2D eigenvalue weighted by Gasteiger charge is -2.06. The van der Waals surface area contributed by atoms with Crippen molar-refractivity contribution in [3.05, 3.63) is 34.8 Å². The summed E-state index contributed by atoms with van der Waals surface area (Å²) >= 11 is 6.96. The van der Waals surface area contributed by atoms with Gasteiger partial charge in [-0.15, -0.1) is 11.3 Å². The molecular formula is C9H8ClN3O2S2. The zero-order valence-electron chi connectivity index (χ0n) is 8.42. The average Bonchev–Trinajstić information content (AvgIpc) is 2.73. The Morgan fingerprint density at radius 2 is 2.18 bits per heavy atom. The van der Waals surface area contributed by atoms with Gasteiger partial charge >= 0.3 is 0 Å². The number of anilines is 2. The number of hydrogen-bond donors (Lipinski definition) is 2. The molecule has 1 aromatic carbocycles. The summed E-state index contributed by atoms with van der Waals surface area (Å²) in [5, 5.41) is 2.18. The number of nitrogens with two attached hydrogens (primary N) is 1. The molecule has 0 aliphatic carbocycles. The van der Waals surface area contributed by atoms with Gasteiger partial charge in [0.25, 0.3) is 10.0 Å². The molecule has 0 fully saturated rings. The van der Waals surface area contributed by atoms with Crippen LogP contribution in [0.25, 0.3) is 0 Å². The molecule has 1 aromatic heterocycles. The molecule has 0 saturated heterocycles. The van der Waals surface area contributed by atoms with Gasteiger partial charge in [-0.25, -0.2) is 13.4 Å². The van der Waals surface area contributed by atoms with Gasteiger partial charge in [-0.1, -0.05) is 11.6 Å². The second-order valence-corrected chi connectivity index (χ2v) is 6.11. The van der Waals surface area contributed by atoms with E-state index in [2.05, 4.69) is 9.71 Å². The first kappa shape index (κ1) is 12.2. The van der Waals surface area contributed by atoms with Gasteiger partial charge in [-0.05, 0) is 18.2 Å². The molecule has 0 radical (unpaired) electrons. The van der Waals surface area contributed by atoms with Crippen molar-refractivity contribution in [3.8, 4) is 0 Å². The minimum Gasteiger partial charge on any atom is -0.398 e. The van der Waals surface area contributed by atoms with Gasteiger partial charge in [0, 0.05) is 11.6 Å². The number of thiazole rings is 1. The van der Waals surface area contributed by atoms with E-state index in [0.717, 1.165) is 0 Å². The molecule has 0 spiro atoms. The summed E-state index contributed by atoms with van der Waals surface area (Å²) in [6, 6.07) is 4.13. The van der Waals surface area contributed by atoms with Crippen LogP contribution in [-0.2, 0) is 10.0 Å². The number of rotatable bonds is 3. The second-order valence-electron chi connectivity index (χ2n) is 3.13. The first-order chi connectivity index (χ1) is 7.99. The van der Waals surface area contributed by atoms with Crippen molar-refractivity contribution in [1.82, 2.24) is 4.98 Å². The Labute approximate surface area is 107 Å². The van der Waals surface area contributed by atoms with E-state index in [-0.39, 0.29) is 9.92 Å². The molecule has 2 aromatic rings. The lowest BCUT2D eigenvalue weighted by atomic mass is 10.3. The largest absolute Gasteiger partial charge is 0.398 e. The number of benzene rings is 1. The Hall–Kier alpha value is -1.31. The normalized spacial score (nSPS) is 11.4. The fourth-order valence-electron chi connectivity index (χ4n) is 1.12. The predicted octanol–water partition coefficient (Wildman–Crippen LogP) is 2.18. The molecule has 0 aliphatic rings. The minimum atomic E-state index is -3.66. The average molecular weight is 290 g/mol. The first-order valence-electron chi connectivity index (χ1n) is 4.46. The topological polar surface area (TPSA) is 85.1 Å². The van der Waals surface area contributed by atoms with Crippen molar-refractivity contribution in [1.29, 1.82) is 0 Å². The molecule has 3 N–H and O–H groups in total. The zero-order chi connectivity index (χ0) is 12.5. The molecule has 1 heterocycles. The molecule has 0 atom stereocenters. The van der Waals surface area contributed by atoms with Crippen molar-refractivity contribution < 1.29 is 8.42 Å². The predicted molar refractivity (Wildman–Crippen MR) is 68.8 cm³/mol. The molecule has 8 heteroatoms. The molecule has 5 nitrogen and oxygen atoms in total. The van der Waals surface area contributed by atoms with Gasteiger partial charge in [0.15, 0.2) is 5.13 Å². The lowest BCUT2D eigenvalue weighted by Crippen LogP contribution is -2.12. The molecule has 0 saturated carbocycles. The maximum atomic E-state index is 11.9. The van der Waals surface area contributed by atoms with Crippen LogP contribution in [0.5, 0.6) is 0 Å². The van der Waals surface area contributed by atoms with Crippen molar-refractivity contribution >= 4 is 43.8 Å². The second kappa shape index (κ2) is 4.52. The Balaban J connectivity index is 2.35. The fourth-order valence-corrected chi connectivity index (χ4v) is 3.18. The number of sulfonamides is 1. The van der Waals surface area contributed by atoms with Crippen molar-refractivity contribution in [2.75, 3.05) is 10.5 Å². The number of aromatic nitrogens is 1. The van der Waals surface area contributed by atoms with Gasteiger partial charge in [0.05, 0.1) is 15.6 Å². The van der Waals surface area contributed by atoms with Gasteiger partial charge in [-0.2, -0.15) is 0 Å². The third-order valence-corrected chi connectivity index (χ3v) is 4.42. The summed E-state index contributed by atoms with van der Waals surface area (Å²) in [5.41, 5.74) is 5.84. The van der Waals surface area contributed by atoms with E-state index in [4.69, 9.17) is 17.3 Å². The standard InChI is InChI=1S/C9H8ClN3O2S2/c10-7-5-6(1-2-8(7)11)17(14,15)13-9-12-3-4-16-9/h1-5H,11H2,(H,12,13). The highest BCUT2D eigenvalue weighted by Gasteiger charge is 2.16. The van der Waals surface area contributed by atoms with E-state index in [1.807, 2.05) is 0 Å². The molecule has 90 valence electrons. The van der Waals surface area contributed by atoms with Crippen LogP contribution in [0.15, 0.2) is 34.7 Å². The molecule has 17 heavy (non-hydrogen) atoms. The first-order valence-corrected chi connectivity index (χ1v) is 7.20. The third kappa shape index (κ3) is 2.68. The number of nitrogens with one attached hydrogen (secondary N) is 1. The van der Waals surface area contributed by atoms with Gasteiger partial charge < -0.3 is 5.73 Å². The minimum absolute atomic E-state index is 0.0481. The Bertz CT molecular complexity index is 626. The van der Waals surface area contributed by atoms with E-state index < -0.39 is 10.0 Å². The van der Waals surface area contributed by atoms with E-state index in [9.17, 15) is 8.42 Å². The van der Waals surface area contributed by atoms with Crippen LogP contribution < -0.4 is 10.5 Å². The molecule has 2 rings (SSSR count). The smallest absolute Gasteiger partial charge is 0.263 e. The summed E-state index contributed by atoms with van der Waals surface area (Å²) in [6.45, 7) is 0. The molecule has 0 amide bonds. The van der Waals surface area contributed by atoms with Gasteiger partial charge in [-0.3, -0.25) is 4.72 Å². The van der Waals surface area contributed by atoms with E-state index in [0.29, 0.717) is 10.8 Å². The van der Waals surface area contributed by atoms with Crippen molar-refractivity contribution in [3.63, 3.8) is 0 Å². The van der Waals surface area contributed by atoms with Crippen LogP contribution in [0.4, 0.5) is 10.8 Å². The van der Waals surface area contributed by atoms with Crippen LogP contribution in [0, 0.1) is 0 Å². The molecular weight excluding hydrogens is 282 g/mol. The van der Waals surface area contributed by atoms with E-state index in [1.54, 1.807) is 5.38 Å². The Morgan fingerprint density at radius 1 is 1.41 bits per heavy atom. The summed E-state index contributed by atoms with van der Waals surface area (Å²) < 4.78 is 26.2. The number of nitrogens with zero attached hydrogens (tertiary/aromatic N) is 1. The number of nitrogen functional groups attached to an aromatic ring is 1. The molecule has 0 unspecified atom stereocenters. The van der Waals surface area contributed by atoms with Crippen LogP contribution in [0.3, 0.4) is 0 Å². The van der Waals surface area contributed by atoms with E-state index in [1.165, 1.54) is 35.7 Å². The molecule has 0 aliphatic heterocycles. The fraction of sp³-hybridized carbons (Fsp3) is 0. The number of halogens is 1. The maximum absolute atomic E-state index is 11.9. The third-order valence-electron chi connectivity index (χ3n) is 1.94. The Kier molecular flexibility index (Phi) is 3.23. The van der Waals surface area contributed by atoms with Crippen LogP contribution in [-0.4, -0.2) is 13.4 Å². The Morgan fingerprint density at radius 3 is 2.76 bits per heavy atom.